The molecular formula is C70H137NO6. The van der Waals surface area contributed by atoms with Crippen LogP contribution in [0.15, 0.2) is 12.2 Å². The Balaban J connectivity index is 3.41. The average Bonchev–Trinajstić information content (AvgIpc) is 3.43. The molecule has 0 saturated carbocycles. The number of allylic oxidation sites excluding steroid dienone is 1. The van der Waals surface area contributed by atoms with E-state index in [-0.39, 0.29) is 12.5 Å². The van der Waals surface area contributed by atoms with Gasteiger partial charge in [0.1, 0.15) is 0 Å². The maximum atomic E-state index is 12.5. The zero-order valence-corrected chi connectivity index (χ0v) is 52.2. The molecule has 0 aromatic heterocycles. The fourth-order valence-corrected chi connectivity index (χ4v) is 11.3. The van der Waals surface area contributed by atoms with Crippen LogP contribution in [0, 0.1) is 5.92 Å². The molecule has 458 valence electrons. The van der Waals surface area contributed by atoms with Crippen LogP contribution in [0.4, 0.5) is 0 Å². The van der Waals surface area contributed by atoms with Crippen molar-refractivity contribution in [2.24, 2.45) is 5.92 Å². The lowest BCUT2D eigenvalue weighted by molar-refractivity contribution is -0.154. The molecule has 0 rings (SSSR count). The van der Waals surface area contributed by atoms with Crippen molar-refractivity contribution >= 4 is 11.9 Å². The number of unbranched alkanes of at least 4 members (excludes halogenated alkanes) is 49. The molecule has 1 amide bonds. The van der Waals surface area contributed by atoms with E-state index in [0.717, 1.165) is 57.3 Å². The predicted molar refractivity (Wildman–Crippen MR) is 335 cm³/mol. The molecule has 0 aliphatic heterocycles. The summed E-state index contributed by atoms with van der Waals surface area (Å²) in [5.74, 6) is 0.253. The lowest BCUT2D eigenvalue weighted by atomic mass is 9.96. The summed E-state index contributed by atoms with van der Waals surface area (Å²) in [5.41, 5.74) is 0. The number of aliphatic hydroxyl groups is 3. The first-order valence-electron chi connectivity index (χ1n) is 34.9. The van der Waals surface area contributed by atoms with Crippen molar-refractivity contribution in [1.29, 1.82) is 0 Å². The number of carbonyl (C=O) groups is 2. The zero-order valence-electron chi connectivity index (χ0n) is 52.2. The van der Waals surface area contributed by atoms with E-state index in [1.165, 1.54) is 302 Å². The zero-order chi connectivity index (χ0) is 56.0. The maximum Gasteiger partial charge on any atom is 0.334 e. The number of amides is 1. The van der Waals surface area contributed by atoms with Crippen LogP contribution in [-0.4, -0.2) is 58.7 Å². The van der Waals surface area contributed by atoms with Crippen molar-refractivity contribution in [2.75, 3.05) is 13.2 Å². The van der Waals surface area contributed by atoms with Crippen LogP contribution in [0.3, 0.4) is 0 Å². The van der Waals surface area contributed by atoms with Crippen LogP contribution in [0.25, 0.3) is 0 Å². The minimum Gasteiger partial charge on any atom is -0.464 e. The van der Waals surface area contributed by atoms with Gasteiger partial charge in [0.15, 0.2) is 6.10 Å². The standard InChI is InChI=1S/C70H137NO6/c1-4-6-8-10-12-14-16-33-37-41-45-49-53-60-67(73)66(64-72)71-69(75)62-54-50-46-42-38-34-31-29-27-25-23-21-19-18-20-22-24-26-28-30-32-35-39-43-47-51-57-63-77-70(76)68(74)61-56-55-59-65(3)58-52-48-44-40-36-17-15-13-11-9-7-5-2/h53,60,65-68,72-74H,4-52,54-59,61-64H2,1-3H3,(H,71,75)/b60-53+. The first-order chi connectivity index (χ1) is 37.8. The molecule has 4 atom stereocenters. The Morgan fingerprint density at radius 2 is 0.701 bits per heavy atom. The quantitative estimate of drug-likeness (QED) is 0.0274. The van der Waals surface area contributed by atoms with Gasteiger partial charge < -0.3 is 25.4 Å². The summed E-state index contributed by atoms with van der Waals surface area (Å²) in [4.78, 5) is 24.7. The van der Waals surface area contributed by atoms with Crippen molar-refractivity contribution in [2.45, 2.75) is 405 Å². The van der Waals surface area contributed by atoms with E-state index in [2.05, 4.69) is 26.1 Å². The van der Waals surface area contributed by atoms with Crippen molar-refractivity contribution in [3.8, 4) is 0 Å². The minimum atomic E-state index is -0.954. The molecule has 0 spiro atoms. The molecule has 0 aliphatic carbocycles. The third-order valence-corrected chi connectivity index (χ3v) is 16.8. The highest BCUT2D eigenvalue weighted by Gasteiger charge is 2.18. The third-order valence-electron chi connectivity index (χ3n) is 16.8. The fraction of sp³-hybridized carbons (Fsp3) is 0.943. The van der Waals surface area contributed by atoms with Crippen LogP contribution < -0.4 is 5.32 Å². The Bertz CT molecular complexity index is 1190. The second-order valence-corrected chi connectivity index (χ2v) is 24.6. The topological polar surface area (TPSA) is 116 Å². The largest absolute Gasteiger partial charge is 0.464 e. The predicted octanol–water partition coefficient (Wildman–Crippen LogP) is 21.2. The van der Waals surface area contributed by atoms with Crippen molar-refractivity contribution in [3.05, 3.63) is 12.2 Å². The lowest BCUT2D eigenvalue weighted by Gasteiger charge is -2.20. The van der Waals surface area contributed by atoms with E-state index >= 15 is 0 Å². The van der Waals surface area contributed by atoms with E-state index in [1.54, 1.807) is 6.08 Å². The first-order valence-corrected chi connectivity index (χ1v) is 34.9. The van der Waals surface area contributed by atoms with Gasteiger partial charge in [0.2, 0.25) is 5.91 Å². The molecule has 7 nitrogen and oxygen atoms in total. The second kappa shape index (κ2) is 63.7. The van der Waals surface area contributed by atoms with Gasteiger partial charge in [-0.15, -0.1) is 0 Å². The first kappa shape index (κ1) is 75.6. The summed E-state index contributed by atoms with van der Waals surface area (Å²) < 4.78 is 5.39. The molecule has 0 bridgehead atoms. The second-order valence-electron chi connectivity index (χ2n) is 24.6. The van der Waals surface area contributed by atoms with Gasteiger partial charge in [-0.1, -0.05) is 360 Å². The fourth-order valence-electron chi connectivity index (χ4n) is 11.3. The minimum absolute atomic E-state index is 0.0670. The third kappa shape index (κ3) is 59.0. The van der Waals surface area contributed by atoms with E-state index in [0.29, 0.717) is 19.4 Å². The smallest absolute Gasteiger partial charge is 0.334 e. The van der Waals surface area contributed by atoms with Crippen molar-refractivity contribution in [1.82, 2.24) is 5.32 Å². The summed E-state index contributed by atoms with van der Waals surface area (Å²) >= 11 is 0. The molecule has 4 unspecified atom stereocenters. The van der Waals surface area contributed by atoms with Crippen molar-refractivity contribution in [3.63, 3.8) is 0 Å². The van der Waals surface area contributed by atoms with Gasteiger partial charge in [0.05, 0.1) is 25.4 Å². The summed E-state index contributed by atoms with van der Waals surface area (Å²) in [6.45, 7) is 7.12. The number of hydrogen-bond donors (Lipinski definition) is 4. The highest BCUT2D eigenvalue weighted by Crippen LogP contribution is 2.21. The van der Waals surface area contributed by atoms with E-state index in [4.69, 9.17) is 4.74 Å². The van der Waals surface area contributed by atoms with Gasteiger partial charge in [-0.3, -0.25) is 4.79 Å². The molecular weight excluding hydrogens is 951 g/mol. The number of aliphatic hydroxyl groups excluding tert-OH is 3. The van der Waals surface area contributed by atoms with Gasteiger partial charge >= 0.3 is 5.97 Å². The number of esters is 1. The molecule has 0 aliphatic rings. The van der Waals surface area contributed by atoms with Gasteiger partial charge in [-0.2, -0.15) is 0 Å². The molecule has 0 aromatic carbocycles. The molecule has 0 heterocycles. The highest BCUT2D eigenvalue weighted by molar-refractivity contribution is 5.76. The van der Waals surface area contributed by atoms with Crippen LogP contribution in [0.2, 0.25) is 0 Å². The van der Waals surface area contributed by atoms with E-state index < -0.39 is 24.2 Å². The van der Waals surface area contributed by atoms with Crippen molar-refractivity contribution < 1.29 is 29.6 Å². The van der Waals surface area contributed by atoms with Crippen LogP contribution in [0.1, 0.15) is 387 Å². The Labute approximate surface area is 481 Å². The summed E-state index contributed by atoms with van der Waals surface area (Å²) in [6, 6.07) is -0.628. The SMILES string of the molecule is CCCCCCCCCCCCC/C=C/C(O)C(CO)NC(=O)CCCCCCCCCCCCCCCCCCCCCCCCCCCCCOC(=O)C(O)CCCCC(C)CCCCCCCCCCCCCC. The molecule has 0 saturated heterocycles. The number of ether oxygens (including phenoxy) is 1. The number of carbonyl (C=O) groups excluding carboxylic acids is 2. The van der Waals surface area contributed by atoms with Gasteiger partial charge in [0, 0.05) is 6.42 Å². The Kier molecular flexibility index (Phi) is 62.5. The average molecular weight is 1090 g/mol. The molecule has 4 N–H and O–H groups in total. The Morgan fingerprint density at radius 3 is 1.06 bits per heavy atom. The van der Waals surface area contributed by atoms with Crippen LogP contribution >= 0.6 is 0 Å². The molecule has 0 fully saturated rings. The summed E-state index contributed by atoms with van der Waals surface area (Å²) in [5, 5.41) is 33.4. The molecule has 7 heteroatoms. The van der Waals surface area contributed by atoms with E-state index in [1.807, 2.05) is 6.08 Å². The van der Waals surface area contributed by atoms with Gasteiger partial charge in [-0.25, -0.2) is 4.79 Å². The lowest BCUT2D eigenvalue weighted by Crippen LogP contribution is -2.45. The van der Waals surface area contributed by atoms with Crippen LogP contribution in [0.5, 0.6) is 0 Å². The van der Waals surface area contributed by atoms with E-state index in [9.17, 15) is 24.9 Å². The Hall–Kier alpha value is -1.44. The van der Waals surface area contributed by atoms with Crippen LogP contribution in [-0.2, 0) is 14.3 Å². The van der Waals surface area contributed by atoms with Gasteiger partial charge in [0.25, 0.3) is 0 Å². The normalized spacial score (nSPS) is 13.4. The molecule has 0 aromatic rings. The monoisotopic (exact) mass is 1090 g/mol. The highest BCUT2D eigenvalue weighted by atomic mass is 16.5. The maximum absolute atomic E-state index is 12.5. The summed E-state index contributed by atoms with van der Waals surface area (Å²) in [6.07, 6.45) is 74.9. The number of rotatable bonds is 65. The molecule has 0 radical (unpaired) electrons. The summed E-state index contributed by atoms with van der Waals surface area (Å²) in [7, 11) is 0. The van der Waals surface area contributed by atoms with Gasteiger partial charge in [-0.05, 0) is 38.0 Å². The number of hydrogen-bond acceptors (Lipinski definition) is 6. The molecule has 77 heavy (non-hydrogen) atoms. The number of nitrogens with one attached hydrogen (secondary N) is 1. The Morgan fingerprint density at radius 1 is 0.403 bits per heavy atom.